The summed E-state index contributed by atoms with van der Waals surface area (Å²) in [7, 11) is 0. The minimum atomic E-state index is 0.264. The fourth-order valence-corrected chi connectivity index (χ4v) is 2.17. The van der Waals surface area contributed by atoms with Crippen molar-refractivity contribution in [1.82, 2.24) is 5.32 Å². The van der Waals surface area contributed by atoms with Gasteiger partial charge < -0.3 is 10.1 Å². The molecule has 2 heteroatoms. The Balaban J connectivity index is 2.03. The lowest BCUT2D eigenvalue weighted by Gasteiger charge is -2.27. The van der Waals surface area contributed by atoms with Gasteiger partial charge in [-0.05, 0) is 24.0 Å². The predicted molar refractivity (Wildman–Crippen MR) is 65.8 cm³/mol. The van der Waals surface area contributed by atoms with Gasteiger partial charge in [-0.3, -0.25) is 0 Å². The third-order valence-electron chi connectivity index (χ3n) is 3.35. The Hall–Kier alpha value is -1.15. The van der Waals surface area contributed by atoms with Gasteiger partial charge in [-0.2, -0.15) is 0 Å². The fraction of sp³-hybridized carbons (Fsp3) is 0.500. The molecule has 2 nitrogen and oxygen atoms in total. The van der Waals surface area contributed by atoms with Crippen molar-refractivity contribution in [2.24, 2.45) is 0 Å². The highest BCUT2D eigenvalue weighted by Crippen LogP contribution is 2.24. The van der Waals surface area contributed by atoms with E-state index in [9.17, 15) is 4.79 Å². The Bertz CT molecular complexity index is 365. The normalized spacial score (nSPS) is 17.9. The number of ketones is 1. The van der Waals surface area contributed by atoms with Gasteiger partial charge in [-0.1, -0.05) is 31.2 Å². The minimum Gasteiger partial charge on any atom is -0.315 e. The molecule has 16 heavy (non-hydrogen) atoms. The monoisotopic (exact) mass is 217 g/mol. The summed E-state index contributed by atoms with van der Waals surface area (Å²) in [5, 5.41) is 3.28. The Morgan fingerprint density at radius 1 is 1.38 bits per heavy atom. The molecule has 1 saturated heterocycles. The highest BCUT2D eigenvalue weighted by atomic mass is 16.1. The second-order valence-electron chi connectivity index (χ2n) is 4.83. The Kier molecular flexibility index (Phi) is 3.39. The van der Waals surface area contributed by atoms with Crippen molar-refractivity contribution in [2.75, 3.05) is 13.1 Å². The van der Waals surface area contributed by atoms with Crippen LogP contribution in [0.2, 0.25) is 0 Å². The Morgan fingerprint density at radius 2 is 2.00 bits per heavy atom. The topological polar surface area (TPSA) is 29.1 Å². The lowest BCUT2D eigenvalue weighted by atomic mass is 9.90. The van der Waals surface area contributed by atoms with E-state index in [2.05, 4.69) is 36.5 Å². The average Bonchev–Trinajstić information content (AvgIpc) is 2.15. The number of Topliss-reactive ketones (excluding diaryl/α,β-unsaturated/α-hetero) is 1. The van der Waals surface area contributed by atoms with Crippen molar-refractivity contribution in [2.45, 2.75) is 32.1 Å². The van der Waals surface area contributed by atoms with Gasteiger partial charge >= 0.3 is 0 Å². The molecule has 1 aliphatic rings. The van der Waals surface area contributed by atoms with Crippen LogP contribution in [0.25, 0.3) is 0 Å². The number of rotatable bonds is 4. The summed E-state index contributed by atoms with van der Waals surface area (Å²) in [4.78, 5) is 11.0. The molecule has 1 aliphatic heterocycles. The smallest absolute Gasteiger partial charge is 0.130 e. The molecular formula is C14H19NO. The van der Waals surface area contributed by atoms with E-state index in [1.807, 2.05) is 0 Å². The quantitative estimate of drug-likeness (QED) is 0.839. The average molecular weight is 217 g/mol. The largest absolute Gasteiger partial charge is 0.315 e. The van der Waals surface area contributed by atoms with Crippen molar-refractivity contribution in [3.63, 3.8) is 0 Å². The first kappa shape index (κ1) is 11.3. The van der Waals surface area contributed by atoms with Crippen LogP contribution in [0.15, 0.2) is 24.3 Å². The first-order valence-electron chi connectivity index (χ1n) is 5.97. The van der Waals surface area contributed by atoms with Crippen LogP contribution in [-0.2, 0) is 4.79 Å². The zero-order chi connectivity index (χ0) is 11.5. The fourth-order valence-electron chi connectivity index (χ4n) is 2.17. The maximum absolute atomic E-state index is 11.0. The summed E-state index contributed by atoms with van der Waals surface area (Å²) in [6.45, 7) is 5.97. The Morgan fingerprint density at radius 3 is 2.44 bits per heavy atom. The molecule has 2 rings (SSSR count). The minimum absolute atomic E-state index is 0.264. The predicted octanol–water partition coefficient (Wildman–Crippen LogP) is 2.46. The molecule has 0 bridgehead atoms. The van der Waals surface area contributed by atoms with Gasteiger partial charge in [0, 0.05) is 25.4 Å². The number of carbonyl (C=O) groups is 1. The van der Waals surface area contributed by atoms with Gasteiger partial charge in [0.2, 0.25) is 0 Å². The number of benzene rings is 1. The van der Waals surface area contributed by atoms with E-state index in [1.54, 1.807) is 6.92 Å². The number of hydrogen-bond donors (Lipinski definition) is 1. The molecule has 1 aromatic rings. The van der Waals surface area contributed by atoms with E-state index in [1.165, 1.54) is 11.1 Å². The third-order valence-corrected chi connectivity index (χ3v) is 3.35. The lowest BCUT2D eigenvalue weighted by Crippen LogP contribution is -2.39. The molecular weight excluding hydrogens is 198 g/mol. The van der Waals surface area contributed by atoms with Crippen LogP contribution in [0.5, 0.6) is 0 Å². The summed E-state index contributed by atoms with van der Waals surface area (Å²) in [6, 6.07) is 8.75. The van der Waals surface area contributed by atoms with Crippen LogP contribution in [-0.4, -0.2) is 18.9 Å². The molecule has 0 aromatic heterocycles. The highest BCUT2D eigenvalue weighted by Gasteiger charge is 2.18. The third kappa shape index (κ3) is 2.50. The zero-order valence-corrected chi connectivity index (χ0v) is 9.99. The van der Waals surface area contributed by atoms with Crippen molar-refractivity contribution in [1.29, 1.82) is 0 Å². The van der Waals surface area contributed by atoms with Gasteiger partial charge in [0.15, 0.2) is 0 Å². The molecule has 0 amide bonds. The summed E-state index contributed by atoms with van der Waals surface area (Å²) < 4.78 is 0. The summed E-state index contributed by atoms with van der Waals surface area (Å²) >= 11 is 0. The van der Waals surface area contributed by atoms with Crippen LogP contribution >= 0.6 is 0 Å². The van der Waals surface area contributed by atoms with Gasteiger partial charge in [0.05, 0.1) is 0 Å². The van der Waals surface area contributed by atoms with E-state index in [0.717, 1.165) is 13.1 Å². The maximum Gasteiger partial charge on any atom is 0.130 e. The standard InChI is InChI=1S/C14H19NO/c1-10(7-11(2)16)12-3-5-13(6-4-12)14-8-15-9-14/h3-6,10,14-15H,7-9H2,1-2H3. The van der Waals surface area contributed by atoms with Gasteiger partial charge in [-0.15, -0.1) is 0 Å². The van der Waals surface area contributed by atoms with Crippen molar-refractivity contribution >= 4 is 5.78 Å². The summed E-state index contributed by atoms with van der Waals surface area (Å²) in [5.74, 6) is 1.29. The van der Waals surface area contributed by atoms with Crippen molar-refractivity contribution < 1.29 is 4.79 Å². The molecule has 1 aromatic carbocycles. The zero-order valence-electron chi connectivity index (χ0n) is 9.99. The van der Waals surface area contributed by atoms with Gasteiger partial charge in [0.25, 0.3) is 0 Å². The second-order valence-corrected chi connectivity index (χ2v) is 4.83. The highest BCUT2D eigenvalue weighted by molar-refractivity contribution is 5.76. The van der Waals surface area contributed by atoms with Crippen LogP contribution in [0.1, 0.15) is 43.2 Å². The summed E-state index contributed by atoms with van der Waals surface area (Å²) in [5.41, 5.74) is 2.68. The second kappa shape index (κ2) is 4.79. The van der Waals surface area contributed by atoms with E-state index < -0.39 is 0 Å². The van der Waals surface area contributed by atoms with Crippen LogP contribution in [0.3, 0.4) is 0 Å². The lowest BCUT2D eigenvalue weighted by molar-refractivity contribution is -0.117. The van der Waals surface area contributed by atoms with Crippen LogP contribution in [0.4, 0.5) is 0 Å². The van der Waals surface area contributed by atoms with E-state index in [0.29, 0.717) is 18.3 Å². The molecule has 0 aliphatic carbocycles. The van der Waals surface area contributed by atoms with Crippen LogP contribution in [0, 0.1) is 0 Å². The first-order chi connectivity index (χ1) is 7.66. The van der Waals surface area contributed by atoms with E-state index in [4.69, 9.17) is 0 Å². The maximum atomic E-state index is 11.0. The molecule has 86 valence electrons. The van der Waals surface area contributed by atoms with Crippen molar-refractivity contribution in [3.05, 3.63) is 35.4 Å². The molecule has 1 fully saturated rings. The summed E-state index contributed by atoms with van der Waals surface area (Å²) in [6.07, 6.45) is 0.643. The molecule has 1 N–H and O–H groups in total. The Labute approximate surface area is 97.1 Å². The molecule has 0 radical (unpaired) electrons. The number of hydrogen-bond acceptors (Lipinski definition) is 2. The van der Waals surface area contributed by atoms with E-state index in [-0.39, 0.29) is 5.78 Å². The molecule has 0 saturated carbocycles. The van der Waals surface area contributed by atoms with Gasteiger partial charge in [0.1, 0.15) is 5.78 Å². The molecule has 1 heterocycles. The van der Waals surface area contributed by atoms with E-state index >= 15 is 0 Å². The number of carbonyl (C=O) groups excluding carboxylic acids is 1. The molecule has 1 atom stereocenters. The molecule has 0 spiro atoms. The van der Waals surface area contributed by atoms with Crippen LogP contribution < -0.4 is 5.32 Å². The number of nitrogens with one attached hydrogen (secondary N) is 1. The molecule has 1 unspecified atom stereocenters. The first-order valence-corrected chi connectivity index (χ1v) is 5.97. The van der Waals surface area contributed by atoms with Crippen molar-refractivity contribution in [3.8, 4) is 0 Å². The van der Waals surface area contributed by atoms with Gasteiger partial charge in [-0.25, -0.2) is 0 Å². The SMILES string of the molecule is CC(=O)CC(C)c1ccc(C2CNC2)cc1.